The molecular formula is C14H22N4O. The van der Waals surface area contributed by atoms with Crippen molar-refractivity contribution in [3.8, 4) is 0 Å². The van der Waals surface area contributed by atoms with Gasteiger partial charge in [-0.2, -0.15) is 0 Å². The zero-order chi connectivity index (χ0) is 14.0. The third-order valence-corrected chi connectivity index (χ3v) is 2.99. The third kappa shape index (κ3) is 3.68. The van der Waals surface area contributed by atoms with Crippen LogP contribution in [-0.2, 0) is 6.54 Å². The van der Waals surface area contributed by atoms with E-state index in [1.807, 2.05) is 32.0 Å². The summed E-state index contributed by atoms with van der Waals surface area (Å²) in [5, 5.41) is 9.88. The molecule has 5 heteroatoms. The quantitative estimate of drug-likeness (QED) is 0.717. The van der Waals surface area contributed by atoms with Crippen molar-refractivity contribution in [1.82, 2.24) is 14.9 Å². The average Bonchev–Trinajstić information content (AvgIpc) is 2.67. The molecule has 2 aromatic rings. The molecular weight excluding hydrogens is 240 g/mol. The fourth-order valence-corrected chi connectivity index (χ4v) is 2.19. The topological polar surface area (TPSA) is 78.2 Å². The van der Waals surface area contributed by atoms with Crippen LogP contribution in [0.4, 0.5) is 5.69 Å². The van der Waals surface area contributed by atoms with Crippen molar-refractivity contribution in [2.45, 2.75) is 32.9 Å². The second kappa shape index (κ2) is 5.19. The number of H-pyrrole nitrogens is 1. The van der Waals surface area contributed by atoms with Crippen molar-refractivity contribution < 1.29 is 5.11 Å². The standard InChI is InChI=1S/C14H22N4O/c1-4-18(9-14(2,3)19)8-13-16-11-6-5-10(15)7-12(11)17-13/h5-7,19H,4,8-9,15H2,1-3H3,(H,16,17). The van der Waals surface area contributed by atoms with Gasteiger partial charge in [-0.1, -0.05) is 6.92 Å². The van der Waals surface area contributed by atoms with Gasteiger partial charge in [-0.05, 0) is 38.6 Å². The number of nitrogens with zero attached hydrogens (tertiary/aromatic N) is 2. The normalized spacial score (nSPS) is 12.5. The zero-order valence-electron chi connectivity index (χ0n) is 11.8. The van der Waals surface area contributed by atoms with Crippen LogP contribution in [-0.4, -0.2) is 38.7 Å². The molecule has 0 unspecified atom stereocenters. The van der Waals surface area contributed by atoms with Gasteiger partial charge < -0.3 is 15.8 Å². The summed E-state index contributed by atoms with van der Waals surface area (Å²) < 4.78 is 0. The van der Waals surface area contributed by atoms with E-state index in [2.05, 4.69) is 21.8 Å². The summed E-state index contributed by atoms with van der Waals surface area (Å²) >= 11 is 0. The summed E-state index contributed by atoms with van der Waals surface area (Å²) in [5.74, 6) is 0.895. The molecule has 0 aliphatic carbocycles. The lowest BCUT2D eigenvalue weighted by atomic mass is 10.1. The Hall–Kier alpha value is -1.59. The molecule has 0 atom stereocenters. The molecule has 2 rings (SSSR count). The molecule has 1 heterocycles. The SMILES string of the molecule is CCN(Cc1nc2ccc(N)cc2[nH]1)CC(C)(C)O. The Morgan fingerprint density at radius 1 is 1.42 bits per heavy atom. The Bertz CT molecular complexity index is 556. The molecule has 0 aliphatic heterocycles. The predicted molar refractivity (Wildman–Crippen MR) is 77.8 cm³/mol. The van der Waals surface area contributed by atoms with Crippen LogP contribution in [0.25, 0.3) is 11.0 Å². The van der Waals surface area contributed by atoms with Crippen molar-refractivity contribution in [2.24, 2.45) is 0 Å². The Morgan fingerprint density at radius 3 is 2.79 bits per heavy atom. The first kappa shape index (κ1) is 13.8. The van der Waals surface area contributed by atoms with Crippen LogP contribution in [0.5, 0.6) is 0 Å². The fourth-order valence-electron chi connectivity index (χ4n) is 2.19. The fraction of sp³-hybridized carbons (Fsp3) is 0.500. The predicted octanol–water partition coefficient (Wildman–Crippen LogP) is 1.74. The highest BCUT2D eigenvalue weighted by molar-refractivity contribution is 5.78. The molecule has 0 aliphatic rings. The highest BCUT2D eigenvalue weighted by Crippen LogP contribution is 2.16. The lowest BCUT2D eigenvalue weighted by molar-refractivity contribution is 0.0347. The monoisotopic (exact) mass is 262 g/mol. The zero-order valence-corrected chi connectivity index (χ0v) is 11.8. The van der Waals surface area contributed by atoms with E-state index in [9.17, 15) is 5.11 Å². The first-order chi connectivity index (χ1) is 8.87. The summed E-state index contributed by atoms with van der Waals surface area (Å²) in [7, 11) is 0. The summed E-state index contributed by atoms with van der Waals surface area (Å²) in [5.41, 5.74) is 7.65. The van der Waals surface area contributed by atoms with Gasteiger partial charge in [0.2, 0.25) is 0 Å². The Labute approximate surface area is 113 Å². The molecule has 104 valence electrons. The molecule has 0 radical (unpaired) electrons. The molecule has 0 spiro atoms. The van der Waals surface area contributed by atoms with E-state index in [0.717, 1.165) is 29.1 Å². The van der Waals surface area contributed by atoms with Gasteiger partial charge in [-0.3, -0.25) is 4.90 Å². The number of fused-ring (bicyclic) bond motifs is 1. The van der Waals surface area contributed by atoms with Crippen molar-refractivity contribution >= 4 is 16.7 Å². The molecule has 1 aromatic carbocycles. The number of benzene rings is 1. The van der Waals surface area contributed by atoms with Gasteiger partial charge in [0, 0.05) is 12.2 Å². The van der Waals surface area contributed by atoms with E-state index in [-0.39, 0.29) is 0 Å². The molecule has 4 N–H and O–H groups in total. The number of nitrogens with one attached hydrogen (secondary N) is 1. The largest absolute Gasteiger partial charge is 0.399 e. The van der Waals surface area contributed by atoms with Gasteiger partial charge in [0.25, 0.3) is 0 Å². The molecule has 0 amide bonds. The second-order valence-electron chi connectivity index (χ2n) is 5.58. The van der Waals surface area contributed by atoms with Crippen LogP contribution in [0.2, 0.25) is 0 Å². The first-order valence-corrected chi connectivity index (χ1v) is 6.56. The number of hydrogen-bond donors (Lipinski definition) is 3. The van der Waals surface area contributed by atoms with Crippen LogP contribution in [0.1, 0.15) is 26.6 Å². The Kier molecular flexibility index (Phi) is 3.78. The minimum Gasteiger partial charge on any atom is -0.399 e. The van der Waals surface area contributed by atoms with E-state index >= 15 is 0 Å². The van der Waals surface area contributed by atoms with Gasteiger partial charge in [-0.15, -0.1) is 0 Å². The van der Waals surface area contributed by atoms with E-state index in [1.165, 1.54) is 0 Å². The summed E-state index contributed by atoms with van der Waals surface area (Å²) in [6.45, 7) is 7.87. The molecule has 0 fully saturated rings. The average molecular weight is 262 g/mol. The van der Waals surface area contributed by atoms with E-state index in [1.54, 1.807) is 0 Å². The van der Waals surface area contributed by atoms with Gasteiger partial charge in [0.15, 0.2) is 0 Å². The van der Waals surface area contributed by atoms with E-state index in [4.69, 9.17) is 5.73 Å². The maximum atomic E-state index is 9.88. The number of nitrogens with two attached hydrogens (primary N) is 1. The lowest BCUT2D eigenvalue weighted by Gasteiger charge is -2.27. The first-order valence-electron chi connectivity index (χ1n) is 6.56. The molecule has 5 nitrogen and oxygen atoms in total. The maximum absolute atomic E-state index is 9.88. The van der Waals surface area contributed by atoms with Gasteiger partial charge in [-0.25, -0.2) is 4.98 Å². The highest BCUT2D eigenvalue weighted by atomic mass is 16.3. The van der Waals surface area contributed by atoms with Crippen LogP contribution in [0, 0.1) is 0 Å². The number of imidazole rings is 1. The van der Waals surface area contributed by atoms with E-state index < -0.39 is 5.60 Å². The van der Waals surface area contributed by atoms with Crippen LogP contribution >= 0.6 is 0 Å². The highest BCUT2D eigenvalue weighted by Gasteiger charge is 2.18. The number of aromatic amines is 1. The van der Waals surface area contributed by atoms with Crippen LogP contribution < -0.4 is 5.73 Å². The minimum atomic E-state index is -0.702. The Balaban J connectivity index is 2.15. The molecule has 19 heavy (non-hydrogen) atoms. The number of likely N-dealkylation sites (N-methyl/N-ethyl adjacent to an activating group) is 1. The van der Waals surface area contributed by atoms with Crippen LogP contribution in [0.3, 0.4) is 0 Å². The van der Waals surface area contributed by atoms with Crippen molar-refractivity contribution in [1.29, 1.82) is 0 Å². The minimum absolute atomic E-state index is 0.614. The second-order valence-corrected chi connectivity index (χ2v) is 5.58. The molecule has 1 aromatic heterocycles. The number of rotatable bonds is 5. The van der Waals surface area contributed by atoms with Crippen LogP contribution in [0.15, 0.2) is 18.2 Å². The Morgan fingerprint density at radius 2 is 2.16 bits per heavy atom. The summed E-state index contributed by atoms with van der Waals surface area (Å²) in [6, 6.07) is 5.65. The summed E-state index contributed by atoms with van der Waals surface area (Å²) in [6.07, 6.45) is 0. The van der Waals surface area contributed by atoms with Crippen molar-refractivity contribution in [2.75, 3.05) is 18.8 Å². The number of aliphatic hydroxyl groups is 1. The van der Waals surface area contributed by atoms with Gasteiger partial charge in [0.05, 0.1) is 23.2 Å². The number of anilines is 1. The van der Waals surface area contributed by atoms with Gasteiger partial charge in [0.1, 0.15) is 5.82 Å². The lowest BCUT2D eigenvalue weighted by Crippen LogP contribution is -2.38. The van der Waals surface area contributed by atoms with Crippen molar-refractivity contribution in [3.05, 3.63) is 24.0 Å². The smallest absolute Gasteiger partial charge is 0.121 e. The number of nitrogen functional groups attached to an aromatic ring is 1. The van der Waals surface area contributed by atoms with Gasteiger partial charge >= 0.3 is 0 Å². The molecule has 0 bridgehead atoms. The molecule has 0 saturated carbocycles. The third-order valence-electron chi connectivity index (χ3n) is 2.99. The number of aromatic nitrogens is 2. The van der Waals surface area contributed by atoms with Crippen molar-refractivity contribution in [3.63, 3.8) is 0 Å². The number of hydrogen-bond acceptors (Lipinski definition) is 4. The molecule has 0 saturated heterocycles. The maximum Gasteiger partial charge on any atom is 0.121 e. The van der Waals surface area contributed by atoms with E-state index in [0.29, 0.717) is 13.1 Å². The summed E-state index contributed by atoms with van der Waals surface area (Å²) in [4.78, 5) is 9.96.